The molecule has 0 aliphatic carbocycles. The van der Waals surface area contributed by atoms with E-state index < -0.39 is 6.10 Å². The summed E-state index contributed by atoms with van der Waals surface area (Å²) < 4.78 is 11.2. The highest BCUT2D eigenvalue weighted by atomic mass is 35.5. The van der Waals surface area contributed by atoms with Gasteiger partial charge < -0.3 is 30.1 Å². The number of aliphatic hydroxyl groups excluding tert-OH is 2. The first-order chi connectivity index (χ1) is 15.5. The van der Waals surface area contributed by atoms with Crippen molar-refractivity contribution in [2.75, 3.05) is 32.9 Å². The molecule has 0 amide bonds. The predicted molar refractivity (Wildman–Crippen MR) is 127 cm³/mol. The Hall–Kier alpha value is -1.38. The molecule has 0 radical (unpaired) electrons. The minimum Gasteiger partial charge on any atom is -0.508 e. The van der Waals surface area contributed by atoms with Crippen LogP contribution >= 0.6 is 23.2 Å². The Morgan fingerprint density at radius 2 is 1.53 bits per heavy atom. The number of hydrogen-bond donors (Lipinski definition) is 4. The maximum atomic E-state index is 10.3. The Bertz CT molecular complexity index is 786. The van der Waals surface area contributed by atoms with E-state index in [2.05, 4.69) is 5.32 Å². The van der Waals surface area contributed by atoms with Gasteiger partial charge in [0.2, 0.25) is 0 Å². The molecule has 0 aliphatic rings. The number of nitrogens with one attached hydrogen (secondary N) is 1. The van der Waals surface area contributed by atoms with Gasteiger partial charge in [-0.1, -0.05) is 54.2 Å². The fourth-order valence-corrected chi connectivity index (χ4v) is 3.80. The summed E-state index contributed by atoms with van der Waals surface area (Å²) in [7, 11) is 0. The van der Waals surface area contributed by atoms with E-state index in [1.807, 2.05) is 6.07 Å². The van der Waals surface area contributed by atoms with E-state index in [1.165, 1.54) is 6.07 Å². The molecular formula is C24H33Cl2NO5. The number of aromatic hydroxyl groups is 1. The van der Waals surface area contributed by atoms with Crippen LogP contribution in [-0.4, -0.2) is 48.2 Å². The van der Waals surface area contributed by atoms with E-state index in [-0.39, 0.29) is 12.4 Å². The average Bonchev–Trinajstić information content (AvgIpc) is 2.78. The van der Waals surface area contributed by atoms with Gasteiger partial charge in [-0.3, -0.25) is 0 Å². The highest BCUT2D eigenvalue weighted by Crippen LogP contribution is 2.26. The number of halogens is 2. The van der Waals surface area contributed by atoms with Gasteiger partial charge in [-0.05, 0) is 43.1 Å². The Kier molecular flexibility index (Phi) is 13.0. The molecule has 0 fully saturated rings. The topological polar surface area (TPSA) is 91.2 Å². The summed E-state index contributed by atoms with van der Waals surface area (Å²) in [5.74, 6) is 0.00261. The highest BCUT2D eigenvalue weighted by molar-refractivity contribution is 6.35. The molecule has 0 bridgehead atoms. The van der Waals surface area contributed by atoms with Gasteiger partial charge in [0.05, 0.1) is 32.5 Å². The zero-order valence-electron chi connectivity index (χ0n) is 18.2. The first-order valence-electron chi connectivity index (χ1n) is 10.9. The molecule has 6 nitrogen and oxygen atoms in total. The van der Waals surface area contributed by atoms with Crippen molar-refractivity contribution in [2.45, 2.75) is 45.0 Å². The maximum absolute atomic E-state index is 10.3. The van der Waals surface area contributed by atoms with Crippen molar-refractivity contribution < 1.29 is 24.8 Å². The van der Waals surface area contributed by atoms with E-state index in [0.29, 0.717) is 54.1 Å². The van der Waals surface area contributed by atoms with Gasteiger partial charge in [0.15, 0.2) is 0 Å². The lowest BCUT2D eigenvalue weighted by Crippen LogP contribution is -2.23. The second-order valence-electron chi connectivity index (χ2n) is 7.50. The third-order valence-electron chi connectivity index (χ3n) is 5.11. The highest BCUT2D eigenvalue weighted by Gasteiger charge is 2.14. The molecule has 0 saturated heterocycles. The molecule has 4 N–H and O–H groups in total. The molecule has 2 rings (SSSR count). The Balaban J connectivity index is 1.43. The lowest BCUT2D eigenvalue weighted by atomic mass is 10.0. The molecule has 2 aromatic carbocycles. The van der Waals surface area contributed by atoms with Crippen molar-refractivity contribution in [3.63, 3.8) is 0 Å². The van der Waals surface area contributed by atoms with Crippen LogP contribution < -0.4 is 5.32 Å². The van der Waals surface area contributed by atoms with Crippen molar-refractivity contribution in [1.29, 1.82) is 0 Å². The monoisotopic (exact) mass is 485 g/mol. The molecule has 1 atom stereocenters. The number of aliphatic hydroxyl groups is 2. The first kappa shape index (κ1) is 26.9. The van der Waals surface area contributed by atoms with Crippen LogP contribution in [0.25, 0.3) is 0 Å². The van der Waals surface area contributed by atoms with Gasteiger partial charge in [0.25, 0.3) is 0 Å². The Morgan fingerprint density at radius 1 is 0.844 bits per heavy atom. The van der Waals surface area contributed by atoms with Gasteiger partial charge in [-0.15, -0.1) is 0 Å². The number of ether oxygens (including phenoxy) is 2. The Labute approximate surface area is 200 Å². The van der Waals surface area contributed by atoms with Crippen LogP contribution in [-0.2, 0) is 22.7 Å². The third kappa shape index (κ3) is 9.24. The summed E-state index contributed by atoms with van der Waals surface area (Å²) in [5, 5.41) is 33.9. The van der Waals surface area contributed by atoms with Crippen molar-refractivity contribution in [3.8, 4) is 5.75 Å². The Morgan fingerprint density at radius 3 is 2.28 bits per heavy atom. The molecule has 178 valence electrons. The van der Waals surface area contributed by atoms with Gasteiger partial charge in [-0.2, -0.15) is 0 Å². The summed E-state index contributed by atoms with van der Waals surface area (Å²) in [6, 6.07) is 10.3. The van der Waals surface area contributed by atoms with E-state index in [1.54, 1.807) is 24.3 Å². The minimum absolute atomic E-state index is 0.00261. The zero-order chi connectivity index (χ0) is 23.2. The lowest BCUT2D eigenvalue weighted by Gasteiger charge is -2.16. The number of phenols is 1. The first-order valence-corrected chi connectivity index (χ1v) is 11.7. The maximum Gasteiger partial charge on any atom is 0.121 e. The summed E-state index contributed by atoms with van der Waals surface area (Å²) in [4.78, 5) is 0. The van der Waals surface area contributed by atoms with E-state index in [4.69, 9.17) is 32.7 Å². The second-order valence-corrected chi connectivity index (χ2v) is 8.32. The normalized spacial score (nSPS) is 12.2. The van der Waals surface area contributed by atoms with Crippen molar-refractivity contribution >= 4 is 23.2 Å². The SMILES string of the molecule is OCc1c(O)cccc1[C@@H](O)CNCCCCCCOCCOCc1c(Cl)cccc1Cl. The molecule has 0 aliphatic heterocycles. The number of unbranched alkanes of at least 4 members (excludes halogenated alkanes) is 3. The van der Waals surface area contributed by atoms with Crippen LogP contribution in [0.15, 0.2) is 36.4 Å². The van der Waals surface area contributed by atoms with Crippen LogP contribution in [0.4, 0.5) is 0 Å². The fraction of sp³-hybridized carbons (Fsp3) is 0.500. The van der Waals surface area contributed by atoms with Crippen LogP contribution in [0.5, 0.6) is 5.75 Å². The van der Waals surface area contributed by atoms with Crippen molar-refractivity contribution in [1.82, 2.24) is 5.32 Å². The average molecular weight is 486 g/mol. The molecule has 0 aromatic heterocycles. The van der Waals surface area contributed by atoms with Crippen LogP contribution in [0.3, 0.4) is 0 Å². The fourth-order valence-electron chi connectivity index (χ4n) is 3.30. The quantitative estimate of drug-likeness (QED) is 0.259. The van der Waals surface area contributed by atoms with Crippen LogP contribution in [0.1, 0.15) is 48.5 Å². The molecular weight excluding hydrogens is 453 g/mol. The molecule has 2 aromatic rings. The van der Waals surface area contributed by atoms with Crippen LogP contribution in [0.2, 0.25) is 10.0 Å². The van der Waals surface area contributed by atoms with Gasteiger partial charge in [0, 0.05) is 34.3 Å². The summed E-state index contributed by atoms with van der Waals surface area (Å²) in [6.45, 7) is 2.96. The van der Waals surface area contributed by atoms with E-state index >= 15 is 0 Å². The van der Waals surface area contributed by atoms with Crippen molar-refractivity contribution in [2.24, 2.45) is 0 Å². The molecule has 0 unspecified atom stereocenters. The zero-order valence-corrected chi connectivity index (χ0v) is 19.7. The number of benzene rings is 2. The van der Waals surface area contributed by atoms with E-state index in [9.17, 15) is 15.3 Å². The molecule has 32 heavy (non-hydrogen) atoms. The third-order valence-corrected chi connectivity index (χ3v) is 5.82. The minimum atomic E-state index is -0.770. The second kappa shape index (κ2) is 15.5. The molecule has 0 spiro atoms. The van der Waals surface area contributed by atoms with Crippen LogP contribution in [0, 0.1) is 0 Å². The summed E-state index contributed by atoms with van der Waals surface area (Å²) in [6.07, 6.45) is 3.36. The van der Waals surface area contributed by atoms with Crippen molar-refractivity contribution in [3.05, 3.63) is 63.1 Å². The standard InChI is InChI=1S/C24H33Cl2NO5/c25-21-8-6-9-22(26)20(21)17-32-14-13-31-12-4-2-1-3-11-27-15-24(30)18-7-5-10-23(29)19(18)16-28/h5-10,24,27-30H,1-4,11-17H2/t24-/m0/s1. The van der Waals surface area contributed by atoms with E-state index in [0.717, 1.165) is 37.8 Å². The smallest absolute Gasteiger partial charge is 0.121 e. The predicted octanol–water partition coefficient (Wildman–Crippen LogP) is 4.61. The van der Waals surface area contributed by atoms with Gasteiger partial charge in [0.1, 0.15) is 5.75 Å². The molecule has 0 heterocycles. The van der Waals surface area contributed by atoms with Gasteiger partial charge in [-0.25, -0.2) is 0 Å². The lowest BCUT2D eigenvalue weighted by molar-refractivity contribution is 0.0393. The largest absolute Gasteiger partial charge is 0.508 e. The number of rotatable bonds is 16. The summed E-state index contributed by atoms with van der Waals surface area (Å²) in [5.41, 5.74) is 1.73. The van der Waals surface area contributed by atoms with Gasteiger partial charge >= 0.3 is 0 Å². The number of hydrogen-bond acceptors (Lipinski definition) is 6. The molecule has 8 heteroatoms. The summed E-state index contributed by atoms with van der Waals surface area (Å²) >= 11 is 12.2. The molecule has 0 saturated carbocycles.